The van der Waals surface area contributed by atoms with Gasteiger partial charge in [0.1, 0.15) is 35.2 Å². The molecule has 0 aliphatic heterocycles. The average molecular weight is 1250 g/mol. The van der Waals surface area contributed by atoms with Crippen LogP contribution in [0.4, 0.5) is 0 Å². The Morgan fingerprint density at radius 2 is 0.591 bits per heavy atom. The molecular weight excluding hydrogens is 1130 g/mol. The van der Waals surface area contributed by atoms with Crippen molar-refractivity contribution in [3.05, 3.63) is 268 Å². The molecule has 488 valence electrons. The lowest BCUT2D eigenvalue weighted by molar-refractivity contribution is -0.661. The molecule has 10 rings (SSSR count). The van der Waals surface area contributed by atoms with E-state index in [-0.39, 0.29) is 0 Å². The third-order valence-corrected chi connectivity index (χ3v) is 16.1. The van der Waals surface area contributed by atoms with Gasteiger partial charge in [0.05, 0.1) is 0 Å². The van der Waals surface area contributed by atoms with Crippen molar-refractivity contribution in [2.75, 3.05) is 0 Å². The monoisotopic (exact) mass is 1250 g/mol. The molecule has 10 aromatic rings. The van der Waals surface area contributed by atoms with Crippen LogP contribution in [0, 0.1) is 63.2 Å². The highest BCUT2D eigenvalue weighted by atomic mass is 14.9. The number of benzene rings is 5. The Hall–Kier alpha value is -8.15. The molecule has 5 nitrogen and oxygen atoms in total. The summed E-state index contributed by atoms with van der Waals surface area (Å²) in [5.74, 6) is 0. The van der Waals surface area contributed by atoms with Crippen LogP contribution < -0.4 is 22.8 Å². The van der Waals surface area contributed by atoms with Crippen LogP contribution in [-0.4, -0.2) is 0 Å². The summed E-state index contributed by atoms with van der Waals surface area (Å²) >= 11 is 0. The first-order valence-corrected chi connectivity index (χ1v) is 33.1. The molecule has 0 radical (unpaired) electrons. The molecule has 0 unspecified atom stereocenters. The second kappa shape index (κ2) is 32.6. The van der Waals surface area contributed by atoms with Gasteiger partial charge in [0.2, 0.25) is 28.5 Å². The molecule has 5 aromatic carbocycles. The van der Waals surface area contributed by atoms with Crippen LogP contribution in [0.1, 0.15) is 159 Å². The van der Waals surface area contributed by atoms with E-state index in [1.165, 1.54) is 72.6 Å². The minimum absolute atomic E-state index is 0.322. The van der Waals surface area contributed by atoms with Crippen molar-refractivity contribution in [1.82, 2.24) is 0 Å². The van der Waals surface area contributed by atoms with Crippen LogP contribution >= 0.6 is 0 Å². The predicted molar refractivity (Wildman–Crippen MR) is 396 cm³/mol. The van der Waals surface area contributed by atoms with Gasteiger partial charge in [0.25, 0.3) is 0 Å². The highest BCUT2D eigenvalue weighted by Gasteiger charge is 2.22. The van der Waals surface area contributed by atoms with Gasteiger partial charge in [0.15, 0.2) is 31.0 Å². The maximum atomic E-state index is 8.46. The second-order valence-corrected chi connectivity index (χ2v) is 29.8. The first-order chi connectivity index (χ1) is 45.8. The Bertz CT molecular complexity index is 4380. The molecule has 93 heavy (non-hydrogen) atoms. The van der Waals surface area contributed by atoms with Crippen LogP contribution in [0.3, 0.4) is 0 Å². The number of aryl methyl sites for hydroxylation is 12. The quantitative estimate of drug-likeness (QED) is 0.122. The fourth-order valence-electron chi connectivity index (χ4n) is 11.6. The molecule has 0 N–H and O–H groups in total. The first kappa shape index (κ1) is 64.9. The third-order valence-electron chi connectivity index (χ3n) is 16.1. The molecule has 0 aliphatic carbocycles. The molecule has 0 saturated carbocycles. The first-order valence-electron chi connectivity index (χ1n) is 36.1. The van der Waals surface area contributed by atoms with Gasteiger partial charge in [-0.25, -0.2) is 22.8 Å². The van der Waals surface area contributed by atoms with Crippen LogP contribution in [0.2, 0.25) is 0 Å². The standard InChI is InChI=1S/4C18H24N.C16H20N/c2*1-14-8-6-7-9-16(14)17-12-15(10-11-19(17)5)13-18(2,3)4;2*1-14-8-6-7-9-16(14)17-11-10-15(13-19(17)5)12-18(2,3)4;1-5-14-11-17(4)16(10-13(14)3)15-9-7-6-8-12(15)2/h2*6-12H,13H2,1-5H3;2*6-11,13H,12H2,1-5H3;6-11H,5H2,1-4H3/q5*+1/i13D2;;12D2;;5D2. The fourth-order valence-corrected chi connectivity index (χ4v) is 11.6. The Labute approximate surface area is 573 Å². The van der Waals surface area contributed by atoms with Crippen molar-refractivity contribution < 1.29 is 31.1 Å². The van der Waals surface area contributed by atoms with Crippen molar-refractivity contribution >= 4 is 0 Å². The number of hydrogen-bond acceptors (Lipinski definition) is 0. The zero-order chi connectivity index (χ0) is 74.0. The maximum Gasteiger partial charge on any atom is 0.212 e. The summed E-state index contributed by atoms with van der Waals surface area (Å²) in [5.41, 5.74) is 24.0. The molecular formula is C88H116N5+5. The van der Waals surface area contributed by atoms with Crippen LogP contribution in [0.25, 0.3) is 56.3 Å². The number of hydrogen-bond donors (Lipinski definition) is 0. The molecule has 5 aromatic heterocycles. The van der Waals surface area contributed by atoms with Gasteiger partial charge >= 0.3 is 0 Å². The van der Waals surface area contributed by atoms with E-state index in [9.17, 15) is 0 Å². The van der Waals surface area contributed by atoms with Gasteiger partial charge in [-0.3, -0.25) is 0 Å². The van der Waals surface area contributed by atoms with E-state index in [1.54, 1.807) is 6.92 Å². The minimum atomic E-state index is -1.38. The zero-order valence-corrected chi connectivity index (χ0v) is 61.3. The number of rotatable bonds is 10. The third kappa shape index (κ3) is 22.8. The summed E-state index contributed by atoms with van der Waals surface area (Å²) in [7, 11) is 10.2. The van der Waals surface area contributed by atoms with Crippen molar-refractivity contribution in [3.63, 3.8) is 0 Å². The average Bonchev–Trinajstić information content (AvgIpc) is 0.804. The number of nitrogens with zero attached hydrogens (tertiary/aromatic N) is 5. The molecule has 0 spiro atoms. The Morgan fingerprint density at radius 3 is 0.946 bits per heavy atom. The van der Waals surface area contributed by atoms with E-state index < -0.39 is 29.9 Å². The Balaban J connectivity index is 0.000000195. The summed E-state index contributed by atoms with van der Waals surface area (Å²) in [4.78, 5) is 0. The lowest BCUT2D eigenvalue weighted by Gasteiger charge is -2.18. The lowest BCUT2D eigenvalue weighted by Crippen LogP contribution is -2.32. The van der Waals surface area contributed by atoms with Gasteiger partial charge in [-0.15, -0.1) is 0 Å². The summed E-state index contributed by atoms with van der Waals surface area (Å²) in [6.07, 6.45) is 8.34. The Morgan fingerprint density at radius 1 is 0.290 bits per heavy atom. The summed E-state index contributed by atoms with van der Waals surface area (Å²) in [6.45, 7) is 39.5. The van der Waals surface area contributed by atoms with Crippen LogP contribution in [0.5, 0.6) is 0 Å². The highest BCUT2D eigenvalue weighted by Crippen LogP contribution is 2.29. The number of pyridine rings is 5. The molecule has 0 saturated heterocycles. The molecule has 0 amide bonds. The van der Waals surface area contributed by atoms with E-state index in [0.29, 0.717) is 10.8 Å². The second-order valence-electron chi connectivity index (χ2n) is 29.8. The molecule has 0 atom stereocenters. The highest BCUT2D eigenvalue weighted by molar-refractivity contribution is 5.64. The van der Waals surface area contributed by atoms with Crippen molar-refractivity contribution in [2.45, 2.75) is 164 Å². The largest absolute Gasteiger partial charge is 0.212 e. The van der Waals surface area contributed by atoms with Gasteiger partial charge in [-0.05, 0) is 182 Å². The molecule has 0 fully saturated rings. The predicted octanol–water partition coefficient (Wildman–Crippen LogP) is 19.7. The van der Waals surface area contributed by atoms with E-state index in [4.69, 9.17) is 8.22 Å². The molecule has 0 aliphatic rings. The molecule has 5 heterocycles. The van der Waals surface area contributed by atoms with E-state index in [2.05, 4.69) is 227 Å². The van der Waals surface area contributed by atoms with E-state index in [1.807, 2.05) is 163 Å². The van der Waals surface area contributed by atoms with E-state index in [0.717, 1.165) is 57.7 Å². The number of aromatic nitrogens is 5. The van der Waals surface area contributed by atoms with Gasteiger partial charge in [-0.1, -0.05) is 181 Å². The molecule has 0 bridgehead atoms. The van der Waals surface area contributed by atoms with Gasteiger partial charge in [0, 0.05) is 95.2 Å². The van der Waals surface area contributed by atoms with Crippen molar-refractivity contribution in [2.24, 2.45) is 56.9 Å². The van der Waals surface area contributed by atoms with Gasteiger partial charge < -0.3 is 0 Å². The Kier molecular flexibility index (Phi) is 22.8. The smallest absolute Gasteiger partial charge is 0.201 e. The summed E-state index contributed by atoms with van der Waals surface area (Å²) in [6, 6.07) is 60.8. The summed E-state index contributed by atoms with van der Waals surface area (Å²) < 4.78 is 60.0. The fraction of sp³-hybridized carbons (Fsp3) is 0.375. The summed E-state index contributed by atoms with van der Waals surface area (Å²) in [5, 5.41) is 0. The van der Waals surface area contributed by atoms with Crippen molar-refractivity contribution in [3.8, 4) is 56.3 Å². The SMILES string of the molecule is Cc1ccccc1-c1cc(CC(C)(C)C)cc[n+]1C.Cc1ccccc1-c1ccc(CC(C)(C)C)c[n+]1C.[2H]C([2H])(C)c1c[n+](C)c(-c2ccccc2C)cc1C.[2H]C([2H])(c1cc[n+](C)c(-c2ccccc2C)c1)C(C)(C)C.[2H]C([2H])(c1ccc(-c2ccccc2C)[n+](C)c1)C(C)(C)C. The van der Waals surface area contributed by atoms with Crippen molar-refractivity contribution in [1.29, 1.82) is 0 Å². The lowest BCUT2D eigenvalue weighted by atomic mass is 9.88. The molecule has 5 heteroatoms. The van der Waals surface area contributed by atoms with Crippen LogP contribution in [-0.2, 0) is 67.2 Å². The van der Waals surface area contributed by atoms with E-state index >= 15 is 0 Å². The topological polar surface area (TPSA) is 19.4 Å². The van der Waals surface area contributed by atoms with Gasteiger partial charge in [-0.2, -0.15) is 0 Å². The van der Waals surface area contributed by atoms with Crippen LogP contribution in [0.15, 0.2) is 207 Å². The minimum Gasteiger partial charge on any atom is -0.201 e. The normalized spacial score (nSPS) is 12.9. The maximum absolute atomic E-state index is 8.46. The zero-order valence-electron chi connectivity index (χ0n) is 67.3.